The molecule has 1 aliphatic rings. The van der Waals surface area contributed by atoms with Gasteiger partial charge in [-0.2, -0.15) is 0 Å². The van der Waals surface area contributed by atoms with Gasteiger partial charge in [0.15, 0.2) is 0 Å². The summed E-state index contributed by atoms with van der Waals surface area (Å²) < 4.78 is 0. The molecule has 1 N–H and O–H groups in total. The van der Waals surface area contributed by atoms with Crippen molar-refractivity contribution in [1.29, 1.82) is 0 Å². The number of amides is 3. The largest absolute Gasteiger partial charge is 0.322 e. The number of halogens is 1. The van der Waals surface area contributed by atoms with E-state index in [-0.39, 0.29) is 12.5 Å². The van der Waals surface area contributed by atoms with Gasteiger partial charge in [-0.3, -0.25) is 19.7 Å². The molecule has 1 heterocycles. The van der Waals surface area contributed by atoms with E-state index in [1.165, 1.54) is 4.90 Å². The lowest BCUT2D eigenvalue weighted by Gasteiger charge is -2.31. The Morgan fingerprint density at radius 3 is 2.81 bits per heavy atom. The fourth-order valence-electron chi connectivity index (χ4n) is 1.53. The molecular weight excluding hydrogens is 232 g/mol. The van der Waals surface area contributed by atoms with Crippen LogP contribution in [-0.4, -0.2) is 41.1 Å². The molecule has 1 unspecified atom stereocenters. The lowest BCUT2D eigenvalue weighted by molar-refractivity contribution is -0.149. The molecule has 1 fully saturated rings. The van der Waals surface area contributed by atoms with Crippen molar-refractivity contribution in [3.63, 3.8) is 0 Å². The number of unbranched alkanes of at least 4 members (excludes halogenated alkanes) is 1. The third-order valence-electron chi connectivity index (χ3n) is 2.52. The standard InChI is InChI=1S/C10H15ClN2O3/c1-7-10(16)12-8(14)6-13(7)9(15)4-2-3-5-11/h7H,2-6H2,1H3,(H,12,14,16). The first-order chi connectivity index (χ1) is 7.56. The van der Waals surface area contributed by atoms with Gasteiger partial charge in [-0.05, 0) is 19.8 Å². The Bertz CT molecular complexity index is 306. The van der Waals surface area contributed by atoms with Gasteiger partial charge in [0.1, 0.15) is 12.6 Å². The van der Waals surface area contributed by atoms with E-state index in [9.17, 15) is 14.4 Å². The van der Waals surface area contributed by atoms with Gasteiger partial charge in [0.2, 0.25) is 17.7 Å². The molecule has 0 spiro atoms. The van der Waals surface area contributed by atoms with Crippen LogP contribution in [0.25, 0.3) is 0 Å². The van der Waals surface area contributed by atoms with Crippen molar-refractivity contribution < 1.29 is 14.4 Å². The highest BCUT2D eigenvalue weighted by Gasteiger charge is 2.32. The Hall–Kier alpha value is -1.10. The number of hydrogen-bond acceptors (Lipinski definition) is 3. The zero-order valence-electron chi connectivity index (χ0n) is 9.16. The van der Waals surface area contributed by atoms with Gasteiger partial charge in [-0.15, -0.1) is 11.6 Å². The maximum Gasteiger partial charge on any atom is 0.249 e. The molecular formula is C10H15ClN2O3. The Balaban J connectivity index is 2.53. The number of piperazine rings is 1. The normalized spacial score (nSPS) is 20.9. The maximum absolute atomic E-state index is 11.7. The van der Waals surface area contributed by atoms with Gasteiger partial charge in [-0.1, -0.05) is 0 Å². The van der Waals surface area contributed by atoms with Gasteiger partial charge in [0.25, 0.3) is 0 Å². The second kappa shape index (κ2) is 5.84. The molecule has 0 aliphatic carbocycles. The van der Waals surface area contributed by atoms with Gasteiger partial charge in [-0.25, -0.2) is 0 Å². The van der Waals surface area contributed by atoms with Crippen LogP contribution in [0.1, 0.15) is 26.2 Å². The van der Waals surface area contributed by atoms with E-state index >= 15 is 0 Å². The van der Waals surface area contributed by atoms with Crippen LogP contribution in [0.15, 0.2) is 0 Å². The van der Waals surface area contributed by atoms with Crippen molar-refractivity contribution in [2.24, 2.45) is 0 Å². The van der Waals surface area contributed by atoms with Crippen LogP contribution in [0.5, 0.6) is 0 Å². The predicted molar refractivity (Wildman–Crippen MR) is 58.9 cm³/mol. The second-order valence-electron chi connectivity index (χ2n) is 3.76. The fraction of sp³-hybridized carbons (Fsp3) is 0.700. The summed E-state index contributed by atoms with van der Waals surface area (Å²) in [4.78, 5) is 35.5. The highest BCUT2D eigenvalue weighted by atomic mass is 35.5. The molecule has 90 valence electrons. The molecule has 1 rings (SSSR count). The second-order valence-corrected chi connectivity index (χ2v) is 4.13. The van der Waals surface area contributed by atoms with Crippen molar-refractivity contribution in [2.75, 3.05) is 12.4 Å². The molecule has 5 nitrogen and oxygen atoms in total. The molecule has 0 bridgehead atoms. The van der Waals surface area contributed by atoms with E-state index in [0.29, 0.717) is 18.7 Å². The van der Waals surface area contributed by atoms with E-state index in [1.54, 1.807) is 6.92 Å². The first-order valence-electron chi connectivity index (χ1n) is 5.25. The molecule has 3 amide bonds. The summed E-state index contributed by atoms with van der Waals surface area (Å²) in [5.41, 5.74) is 0. The summed E-state index contributed by atoms with van der Waals surface area (Å²) in [6.07, 6.45) is 1.77. The maximum atomic E-state index is 11.7. The molecule has 0 aromatic heterocycles. The molecule has 0 radical (unpaired) electrons. The molecule has 6 heteroatoms. The minimum absolute atomic E-state index is 0.0351. The Morgan fingerprint density at radius 2 is 2.19 bits per heavy atom. The van der Waals surface area contributed by atoms with Crippen molar-refractivity contribution in [3.05, 3.63) is 0 Å². The summed E-state index contributed by atoms with van der Waals surface area (Å²) in [7, 11) is 0. The lowest BCUT2D eigenvalue weighted by atomic mass is 10.1. The summed E-state index contributed by atoms with van der Waals surface area (Å²) in [6.45, 7) is 1.58. The number of alkyl halides is 1. The van der Waals surface area contributed by atoms with Crippen molar-refractivity contribution in [2.45, 2.75) is 32.2 Å². The number of hydrogen-bond donors (Lipinski definition) is 1. The number of nitrogens with one attached hydrogen (secondary N) is 1. The van der Waals surface area contributed by atoms with Crippen molar-refractivity contribution in [3.8, 4) is 0 Å². The van der Waals surface area contributed by atoms with Gasteiger partial charge < -0.3 is 4.90 Å². The number of carbonyl (C=O) groups is 3. The van der Waals surface area contributed by atoms with Crippen LogP contribution < -0.4 is 5.32 Å². The van der Waals surface area contributed by atoms with Gasteiger partial charge >= 0.3 is 0 Å². The van der Waals surface area contributed by atoms with Crippen LogP contribution in [0.3, 0.4) is 0 Å². The molecule has 0 aromatic carbocycles. The van der Waals surface area contributed by atoms with Crippen LogP contribution in [-0.2, 0) is 14.4 Å². The minimum Gasteiger partial charge on any atom is -0.322 e. The minimum atomic E-state index is -0.568. The summed E-state index contributed by atoms with van der Waals surface area (Å²) in [5.74, 6) is -0.487. The SMILES string of the molecule is CC1C(=O)NC(=O)CN1C(=O)CCCCCl. The van der Waals surface area contributed by atoms with E-state index in [0.717, 1.165) is 6.42 Å². The highest BCUT2D eigenvalue weighted by Crippen LogP contribution is 2.09. The van der Waals surface area contributed by atoms with E-state index in [2.05, 4.69) is 5.32 Å². The van der Waals surface area contributed by atoms with E-state index < -0.39 is 17.9 Å². The summed E-state index contributed by atoms with van der Waals surface area (Å²) in [6, 6.07) is -0.568. The van der Waals surface area contributed by atoms with Crippen molar-refractivity contribution in [1.82, 2.24) is 10.2 Å². The van der Waals surface area contributed by atoms with Crippen LogP contribution in [0.4, 0.5) is 0 Å². The number of rotatable bonds is 4. The average Bonchev–Trinajstić information content (AvgIpc) is 2.23. The first kappa shape index (κ1) is 13.0. The number of carbonyl (C=O) groups excluding carboxylic acids is 3. The van der Waals surface area contributed by atoms with Gasteiger partial charge in [0.05, 0.1) is 0 Å². The highest BCUT2D eigenvalue weighted by molar-refractivity contribution is 6.17. The lowest BCUT2D eigenvalue weighted by Crippen LogP contribution is -2.58. The Morgan fingerprint density at radius 1 is 1.50 bits per heavy atom. The van der Waals surface area contributed by atoms with E-state index in [4.69, 9.17) is 11.6 Å². The molecule has 0 aromatic rings. The zero-order valence-corrected chi connectivity index (χ0v) is 9.92. The van der Waals surface area contributed by atoms with Crippen LogP contribution >= 0.6 is 11.6 Å². The Labute approximate surface area is 99.1 Å². The molecule has 16 heavy (non-hydrogen) atoms. The van der Waals surface area contributed by atoms with Crippen molar-refractivity contribution >= 4 is 29.3 Å². The summed E-state index contributed by atoms with van der Waals surface area (Å²) in [5, 5.41) is 2.19. The summed E-state index contributed by atoms with van der Waals surface area (Å²) >= 11 is 5.50. The quantitative estimate of drug-likeness (QED) is 0.440. The average molecular weight is 247 g/mol. The molecule has 1 aliphatic heterocycles. The number of nitrogens with zero attached hydrogens (tertiary/aromatic N) is 1. The van der Waals surface area contributed by atoms with Crippen LogP contribution in [0, 0.1) is 0 Å². The molecule has 1 atom stereocenters. The predicted octanol–water partition coefficient (Wildman–Crippen LogP) is 0.269. The smallest absolute Gasteiger partial charge is 0.249 e. The number of imide groups is 1. The third-order valence-corrected chi connectivity index (χ3v) is 2.79. The first-order valence-corrected chi connectivity index (χ1v) is 5.79. The van der Waals surface area contributed by atoms with Crippen LogP contribution in [0.2, 0.25) is 0 Å². The van der Waals surface area contributed by atoms with E-state index in [1.807, 2.05) is 0 Å². The monoisotopic (exact) mass is 246 g/mol. The topological polar surface area (TPSA) is 66.5 Å². The van der Waals surface area contributed by atoms with Gasteiger partial charge in [0, 0.05) is 12.3 Å². The zero-order chi connectivity index (χ0) is 12.1. The molecule has 0 saturated carbocycles. The third kappa shape index (κ3) is 3.20. The fourth-order valence-corrected chi connectivity index (χ4v) is 1.72. The molecule has 1 saturated heterocycles. The Kier molecular flexibility index (Phi) is 4.73.